The van der Waals surface area contributed by atoms with E-state index in [1.165, 1.54) is 62.6 Å². The van der Waals surface area contributed by atoms with Gasteiger partial charge in [0.2, 0.25) is 0 Å². The van der Waals surface area contributed by atoms with E-state index in [0.29, 0.717) is 18.3 Å². The molecule has 41 heavy (non-hydrogen) atoms. The van der Waals surface area contributed by atoms with Crippen LogP contribution in [0.3, 0.4) is 0 Å². The van der Waals surface area contributed by atoms with Gasteiger partial charge in [0.25, 0.3) is 0 Å². The van der Waals surface area contributed by atoms with E-state index >= 15 is 0 Å². The molecule has 0 unspecified atom stereocenters. The Kier molecular flexibility index (Phi) is 12.2. The Hall–Kier alpha value is -2.33. The zero-order chi connectivity index (χ0) is 29.1. The molecule has 4 heteroatoms. The number of benzene rings is 2. The summed E-state index contributed by atoms with van der Waals surface area (Å²) in [6.07, 6.45) is 19.4. The molecule has 0 atom stereocenters. The third-order valence-electron chi connectivity index (χ3n) is 9.55. The molecule has 4 rings (SSSR count). The van der Waals surface area contributed by atoms with E-state index in [9.17, 15) is 13.2 Å². The smallest absolute Gasteiger partial charge is 0.316 e. The van der Waals surface area contributed by atoms with Crippen LogP contribution >= 0.6 is 0 Å². The van der Waals surface area contributed by atoms with Crippen molar-refractivity contribution in [2.75, 3.05) is 6.61 Å². The molecular weight excluding hydrogens is 517 g/mol. The van der Waals surface area contributed by atoms with Crippen molar-refractivity contribution in [3.8, 4) is 0 Å². The van der Waals surface area contributed by atoms with Crippen LogP contribution in [0.4, 0.5) is 13.2 Å². The van der Waals surface area contributed by atoms with Gasteiger partial charge < -0.3 is 4.74 Å². The van der Waals surface area contributed by atoms with Crippen LogP contribution in [-0.4, -0.2) is 6.61 Å². The van der Waals surface area contributed by atoms with Gasteiger partial charge >= 0.3 is 6.11 Å². The molecule has 0 radical (unpaired) electrons. The average Bonchev–Trinajstić information content (AvgIpc) is 2.98. The van der Waals surface area contributed by atoms with Crippen molar-refractivity contribution in [3.05, 3.63) is 94.8 Å². The first-order chi connectivity index (χ1) is 19.9. The van der Waals surface area contributed by atoms with Crippen LogP contribution in [0, 0.1) is 17.7 Å². The van der Waals surface area contributed by atoms with Gasteiger partial charge in [-0.1, -0.05) is 54.6 Å². The van der Waals surface area contributed by atoms with Crippen molar-refractivity contribution in [2.24, 2.45) is 11.8 Å². The monoisotopic (exact) mass is 566 g/mol. The number of halogens is 3. The predicted molar refractivity (Wildman–Crippen MR) is 164 cm³/mol. The second-order valence-electron chi connectivity index (χ2n) is 12.3. The molecule has 1 nitrogen and oxygen atoms in total. The molecule has 2 aromatic carbocycles. The van der Waals surface area contributed by atoms with Crippen LogP contribution in [0.1, 0.15) is 125 Å². The topological polar surface area (TPSA) is 9.23 Å². The number of ether oxygens (including phenoxy) is 1. The van der Waals surface area contributed by atoms with Crippen molar-refractivity contribution in [2.45, 2.75) is 115 Å². The lowest BCUT2D eigenvalue weighted by Gasteiger charge is -2.29. The van der Waals surface area contributed by atoms with Gasteiger partial charge in [-0.15, -0.1) is 0 Å². The maximum atomic E-state index is 14.9. The Bertz CT molecular complexity index is 1100. The molecule has 0 amide bonds. The van der Waals surface area contributed by atoms with Crippen LogP contribution in [0.5, 0.6) is 0 Å². The summed E-state index contributed by atoms with van der Waals surface area (Å²) in [4.78, 5) is 0. The molecule has 2 aromatic rings. The Morgan fingerprint density at radius 2 is 1.24 bits per heavy atom. The highest BCUT2D eigenvalue weighted by molar-refractivity contribution is 5.29. The molecule has 0 aliphatic heterocycles. The molecule has 0 heterocycles. The lowest BCUT2D eigenvalue weighted by atomic mass is 9.77. The average molecular weight is 567 g/mol. The largest absolute Gasteiger partial charge is 0.386 e. The van der Waals surface area contributed by atoms with Gasteiger partial charge in [0, 0.05) is 0 Å². The molecule has 2 saturated carbocycles. The number of rotatable bonds is 13. The van der Waals surface area contributed by atoms with Crippen molar-refractivity contribution < 1.29 is 17.9 Å². The summed E-state index contributed by atoms with van der Waals surface area (Å²) in [5, 5.41) is 0. The minimum Gasteiger partial charge on any atom is -0.316 e. The van der Waals surface area contributed by atoms with E-state index in [1.54, 1.807) is 6.07 Å². The lowest BCUT2D eigenvalue weighted by molar-refractivity contribution is -0.249. The SMILES string of the molecule is C/C=C/CC[C@H]1CC[C@H](c2ccc(CCOC(F)(F)c3ccc([C@H]4CC[C@H](CC/C=C/C)CC4)cc3F)cc2)CC1. The van der Waals surface area contributed by atoms with Gasteiger partial charge in [-0.2, -0.15) is 8.78 Å². The predicted octanol–water partition coefficient (Wildman–Crippen LogP) is 11.4. The molecule has 0 saturated heterocycles. The Labute approximate surface area is 246 Å². The quantitative estimate of drug-likeness (QED) is 0.219. The number of hydrogen-bond acceptors (Lipinski definition) is 1. The van der Waals surface area contributed by atoms with Crippen molar-refractivity contribution >= 4 is 0 Å². The summed E-state index contributed by atoms with van der Waals surface area (Å²) in [6.45, 7) is 3.96. The van der Waals surface area contributed by atoms with Crippen LogP contribution in [0.2, 0.25) is 0 Å². The van der Waals surface area contributed by atoms with Crippen LogP contribution in [-0.2, 0) is 17.3 Å². The first-order valence-corrected chi connectivity index (χ1v) is 16.0. The minimum absolute atomic E-state index is 0.165. The summed E-state index contributed by atoms with van der Waals surface area (Å²) in [5.41, 5.74) is 2.46. The summed E-state index contributed by atoms with van der Waals surface area (Å²) in [6, 6.07) is 12.6. The Morgan fingerprint density at radius 1 is 0.732 bits per heavy atom. The third-order valence-corrected chi connectivity index (χ3v) is 9.55. The molecule has 224 valence electrons. The van der Waals surface area contributed by atoms with E-state index in [4.69, 9.17) is 4.74 Å². The third kappa shape index (κ3) is 9.33. The van der Waals surface area contributed by atoms with Crippen LogP contribution in [0.15, 0.2) is 66.8 Å². The fourth-order valence-corrected chi connectivity index (χ4v) is 6.92. The molecule has 0 aromatic heterocycles. The second kappa shape index (κ2) is 15.8. The van der Waals surface area contributed by atoms with E-state index in [0.717, 1.165) is 49.1 Å². The molecule has 0 N–H and O–H groups in total. The minimum atomic E-state index is -3.65. The first-order valence-electron chi connectivity index (χ1n) is 16.0. The van der Waals surface area contributed by atoms with Gasteiger partial charge in [0.1, 0.15) is 5.82 Å². The molecule has 0 spiro atoms. The van der Waals surface area contributed by atoms with Gasteiger partial charge in [-0.05, 0) is 150 Å². The highest BCUT2D eigenvalue weighted by Gasteiger charge is 2.36. The molecule has 2 aliphatic carbocycles. The summed E-state index contributed by atoms with van der Waals surface area (Å²) < 4.78 is 49.6. The fraction of sp³-hybridized carbons (Fsp3) is 0.568. The second-order valence-corrected chi connectivity index (χ2v) is 12.3. The van der Waals surface area contributed by atoms with Crippen molar-refractivity contribution in [1.82, 2.24) is 0 Å². The molecule has 0 bridgehead atoms. The normalized spacial score (nSPS) is 23.9. The molecule has 2 aliphatic rings. The van der Waals surface area contributed by atoms with Gasteiger partial charge in [0.15, 0.2) is 0 Å². The Morgan fingerprint density at radius 3 is 1.76 bits per heavy atom. The van der Waals surface area contributed by atoms with Crippen LogP contribution in [0.25, 0.3) is 0 Å². The van der Waals surface area contributed by atoms with E-state index < -0.39 is 17.5 Å². The maximum absolute atomic E-state index is 14.9. The molecular formula is C37H49F3O. The van der Waals surface area contributed by atoms with Crippen LogP contribution < -0.4 is 0 Å². The Balaban J connectivity index is 1.22. The van der Waals surface area contributed by atoms with E-state index in [-0.39, 0.29) is 12.5 Å². The van der Waals surface area contributed by atoms with Crippen molar-refractivity contribution in [1.29, 1.82) is 0 Å². The van der Waals surface area contributed by atoms with Gasteiger partial charge in [-0.3, -0.25) is 0 Å². The van der Waals surface area contributed by atoms with Crippen molar-refractivity contribution in [3.63, 3.8) is 0 Å². The summed E-state index contributed by atoms with van der Waals surface area (Å²) in [5.74, 6) is 1.50. The summed E-state index contributed by atoms with van der Waals surface area (Å²) in [7, 11) is 0. The maximum Gasteiger partial charge on any atom is 0.386 e. The standard InChI is InChI=1S/C37H49F3O/c1-3-5-7-9-28-11-17-31(18-12-28)32-19-15-30(16-20-32)25-26-41-37(39,40)35-24-23-34(27-36(35)38)33-21-13-29(14-22-33)10-8-6-4-2/h3-6,15-16,19-20,23-24,27-29,31,33H,7-14,17-18,21-22,25-26H2,1-2H3/b5-3+,6-4+/t28-,29-,31-,33-. The number of hydrogen-bond donors (Lipinski definition) is 0. The zero-order valence-corrected chi connectivity index (χ0v) is 25.1. The van der Waals surface area contributed by atoms with E-state index in [2.05, 4.69) is 43.4 Å². The van der Waals surface area contributed by atoms with Gasteiger partial charge in [-0.25, -0.2) is 4.39 Å². The van der Waals surface area contributed by atoms with E-state index in [1.807, 2.05) is 19.1 Å². The lowest BCUT2D eigenvalue weighted by Crippen LogP contribution is -2.22. The summed E-state index contributed by atoms with van der Waals surface area (Å²) >= 11 is 0. The highest BCUT2D eigenvalue weighted by Crippen LogP contribution is 2.40. The number of allylic oxidation sites excluding steroid dienone is 4. The molecule has 2 fully saturated rings. The fourth-order valence-electron chi connectivity index (χ4n) is 6.92. The zero-order valence-electron chi connectivity index (χ0n) is 25.1. The first kappa shape index (κ1) is 31.6. The number of alkyl halides is 2. The highest BCUT2D eigenvalue weighted by atomic mass is 19.3. The van der Waals surface area contributed by atoms with Gasteiger partial charge in [0.05, 0.1) is 12.2 Å².